The van der Waals surface area contributed by atoms with Crippen LogP contribution in [0.25, 0.3) is 0 Å². The second-order valence-electron chi connectivity index (χ2n) is 6.12. The fourth-order valence-electron chi connectivity index (χ4n) is 2.28. The number of alkyl halides is 3. The van der Waals surface area contributed by atoms with E-state index < -0.39 is 25.8 Å². The van der Waals surface area contributed by atoms with Crippen molar-refractivity contribution < 1.29 is 43.9 Å². The number of piperidine rings is 1. The number of imidazole rings is 1. The molecule has 1 aliphatic rings. The van der Waals surface area contributed by atoms with Gasteiger partial charge in [-0.1, -0.05) is 0 Å². The lowest BCUT2D eigenvalue weighted by atomic mass is 10.1. The summed E-state index contributed by atoms with van der Waals surface area (Å²) >= 11 is 0. The quantitative estimate of drug-likeness (QED) is 0.397. The third-order valence-electron chi connectivity index (χ3n) is 3.50. The molecule has 1 aromatic heterocycles. The molecule has 0 unspecified atom stereocenters. The zero-order chi connectivity index (χ0) is 21.0. The summed E-state index contributed by atoms with van der Waals surface area (Å²) in [5.41, 5.74) is -5.53. The summed E-state index contributed by atoms with van der Waals surface area (Å²) in [5, 5.41) is 0. The number of halogens is 4. The first-order chi connectivity index (χ1) is 12.1. The maximum Gasteiger partial charge on any atom is 0.522 e. The molecule has 1 saturated heterocycles. The van der Waals surface area contributed by atoms with Gasteiger partial charge in [0.2, 0.25) is 0 Å². The van der Waals surface area contributed by atoms with Crippen molar-refractivity contribution in [2.45, 2.75) is 44.4 Å². The number of hydrogen-bond acceptors (Lipinski definition) is 5. The van der Waals surface area contributed by atoms with Crippen LogP contribution in [0.1, 0.15) is 26.7 Å². The van der Waals surface area contributed by atoms with Gasteiger partial charge in [0, 0.05) is 13.1 Å². The zero-order valence-corrected chi connectivity index (χ0v) is 17.9. The highest BCUT2D eigenvalue weighted by Crippen LogP contribution is 2.20. The molecule has 0 amide bonds. The monoisotopic (exact) mass is 474 g/mol. The molecular formula is C13H24ClF3N3O6S2+. The van der Waals surface area contributed by atoms with E-state index in [1.54, 1.807) is 30.3 Å². The number of nitrogens with zero attached hydrogens (tertiary/aromatic N) is 3. The highest BCUT2D eigenvalue weighted by Gasteiger charge is 2.44. The first-order valence-corrected chi connectivity index (χ1v) is 10.7. The Labute approximate surface area is 168 Å². The normalized spacial score (nSPS) is 17.0. The summed E-state index contributed by atoms with van der Waals surface area (Å²) in [6, 6.07) is 0. The van der Waals surface area contributed by atoms with Crippen LogP contribution < -0.4 is 4.57 Å². The maximum absolute atomic E-state index is 12.4. The third-order valence-corrected chi connectivity index (χ3v) is 5.85. The lowest BCUT2D eigenvalue weighted by Gasteiger charge is -2.30. The Morgan fingerprint density at radius 1 is 1.18 bits per heavy atom. The average Bonchev–Trinajstić information content (AvgIpc) is 2.93. The van der Waals surface area contributed by atoms with Gasteiger partial charge in [-0.25, -0.2) is 4.57 Å². The van der Waals surface area contributed by atoms with Crippen LogP contribution in [0.2, 0.25) is 0 Å². The number of aryl methyl sites for hydroxylation is 1. The van der Waals surface area contributed by atoms with E-state index in [0.717, 1.165) is 12.8 Å². The van der Waals surface area contributed by atoms with Crippen molar-refractivity contribution in [2.24, 2.45) is 7.05 Å². The molecule has 0 aliphatic carbocycles. The van der Waals surface area contributed by atoms with Crippen LogP contribution in [0, 0.1) is 0 Å². The van der Waals surface area contributed by atoms with Crippen LogP contribution in [0.4, 0.5) is 13.2 Å². The summed E-state index contributed by atoms with van der Waals surface area (Å²) in [5.74, 6) is 0. The second-order valence-corrected chi connectivity index (χ2v) is 9.37. The molecule has 0 aromatic carbocycles. The van der Waals surface area contributed by atoms with E-state index in [1.807, 2.05) is 13.8 Å². The Morgan fingerprint density at radius 2 is 1.64 bits per heavy atom. The Bertz CT molecular complexity index is 819. The van der Waals surface area contributed by atoms with Crippen molar-refractivity contribution in [3.8, 4) is 0 Å². The Balaban J connectivity index is 0.000000694. The first kappa shape index (κ1) is 27.1. The molecule has 2 heterocycles. The molecule has 1 fully saturated rings. The minimum absolute atomic E-state index is 0. The van der Waals surface area contributed by atoms with Gasteiger partial charge >= 0.3 is 25.8 Å². The van der Waals surface area contributed by atoms with Crippen LogP contribution in [0.3, 0.4) is 0 Å². The van der Waals surface area contributed by atoms with E-state index in [-0.39, 0.29) is 24.6 Å². The lowest BCUT2D eigenvalue weighted by Crippen LogP contribution is -2.43. The van der Waals surface area contributed by atoms with E-state index in [9.17, 15) is 21.6 Å². The standard InChI is InChI=1S/C12H22N3O3S.CHF3O3S.ClH/c1-11(2)18-12-4-6-14(7-5-12)19(16,17)15-9-8-13(3)10-15;2-1(3,4)8(5,6)7;/h8-12H,4-7H2,1-3H3;(H,5,6,7);1H/q+1;;. The van der Waals surface area contributed by atoms with Crippen molar-refractivity contribution in [1.82, 2.24) is 8.28 Å². The summed E-state index contributed by atoms with van der Waals surface area (Å²) in [6.45, 7) is 5.04. The summed E-state index contributed by atoms with van der Waals surface area (Å²) in [4.78, 5) is 0. The van der Waals surface area contributed by atoms with Crippen LogP contribution in [0.5, 0.6) is 0 Å². The molecule has 0 radical (unpaired) electrons. The van der Waals surface area contributed by atoms with Crippen LogP contribution in [0.15, 0.2) is 18.7 Å². The fraction of sp³-hybridized carbons (Fsp3) is 0.769. The van der Waals surface area contributed by atoms with Crippen LogP contribution >= 0.6 is 12.4 Å². The topological polar surface area (TPSA) is 110 Å². The molecule has 0 atom stereocenters. The van der Waals surface area contributed by atoms with Gasteiger partial charge in [0.05, 0.1) is 19.3 Å². The Kier molecular flexibility index (Phi) is 9.87. The third kappa shape index (κ3) is 7.83. The fourth-order valence-corrected chi connectivity index (χ4v) is 3.70. The van der Waals surface area contributed by atoms with Gasteiger partial charge in [0.25, 0.3) is 6.33 Å². The Hall–Kier alpha value is -0.930. The average molecular weight is 475 g/mol. The van der Waals surface area contributed by atoms with Crippen molar-refractivity contribution in [1.29, 1.82) is 0 Å². The molecule has 0 bridgehead atoms. The van der Waals surface area contributed by atoms with Gasteiger partial charge < -0.3 is 4.74 Å². The molecule has 1 N–H and O–H groups in total. The Morgan fingerprint density at radius 3 is 1.96 bits per heavy atom. The molecule has 15 heteroatoms. The molecule has 2 rings (SSSR count). The van der Waals surface area contributed by atoms with E-state index in [1.165, 1.54) is 8.28 Å². The van der Waals surface area contributed by atoms with Crippen molar-refractivity contribution >= 4 is 32.7 Å². The van der Waals surface area contributed by atoms with E-state index in [2.05, 4.69) is 0 Å². The minimum atomic E-state index is -5.84. The number of aromatic nitrogens is 2. The summed E-state index contributed by atoms with van der Waals surface area (Å²) in [6.07, 6.45) is 6.71. The predicted molar refractivity (Wildman–Crippen MR) is 95.6 cm³/mol. The minimum Gasteiger partial charge on any atom is -0.375 e. The largest absolute Gasteiger partial charge is 0.522 e. The molecule has 166 valence electrons. The molecular weight excluding hydrogens is 451 g/mol. The van der Waals surface area contributed by atoms with Gasteiger partial charge in [0.1, 0.15) is 12.4 Å². The number of ether oxygens (including phenoxy) is 1. The smallest absolute Gasteiger partial charge is 0.375 e. The van der Waals surface area contributed by atoms with Crippen molar-refractivity contribution in [3.63, 3.8) is 0 Å². The van der Waals surface area contributed by atoms with Gasteiger partial charge in [-0.15, -0.1) is 16.4 Å². The first-order valence-electron chi connectivity index (χ1n) is 7.87. The van der Waals surface area contributed by atoms with Crippen LogP contribution in [-0.2, 0) is 32.1 Å². The van der Waals surface area contributed by atoms with Crippen LogP contribution in [-0.4, -0.2) is 60.5 Å². The molecule has 0 spiro atoms. The van der Waals surface area contributed by atoms with E-state index in [4.69, 9.17) is 17.7 Å². The maximum atomic E-state index is 12.4. The predicted octanol–water partition coefficient (Wildman–Crippen LogP) is 1.11. The highest BCUT2D eigenvalue weighted by molar-refractivity contribution is 7.87. The van der Waals surface area contributed by atoms with E-state index >= 15 is 0 Å². The second kappa shape index (κ2) is 10.2. The number of hydrogen-bond donors (Lipinski definition) is 1. The van der Waals surface area contributed by atoms with Gasteiger partial charge in [-0.2, -0.15) is 34.3 Å². The summed E-state index contributed by atoms with van der Waals surface area (Å²) in [7, 11) is -7.46. The molecule has 0 saturated carbocycles. The van der Waals surface area contributed by atoms with Gasteiger partial charge in [-0.05, 0) is 26.7 Å². The molecule has 28 heavy (non-hydrogen) atoms. The van der Waals surface area contributed by atoms with Crippen molar-refractivity contribution in [3.05, 3.63) is 18.7 Å². The van der Waals surface area contributed by atoms with Gasteiger partial charge in [-0.3, -0.25) is 4.55 Å². The zero-order valence-electron chi connectivity index (χ0n) is 15.4. The lowest BCUT2D eigenvalue weighted by molar-refractivity contribution is -0.670. The molecule has 9 nitrogen and oxygen atoms in total. The summed E-state index contributed by atoms with van der Waals surface area (Å²) < 4.78 is 92.5. The molecule has 1 aromatic rings. The highest BCUT2D eigenvalue weighted by atomic mass is 35.5. The van der Waals surface area contributed by atoms with Gasteiger partial charge in [0.15, 0.2) is 0 Å². The van der Waals surface area contributed by atoms with E-state index in [0.29, 0.717) is 13.1 Å². The SMILES string of the molecule is CC(C)OC1CCN(S(=O)(=O)n2cc[n+](C)c2)CC1.Cl.O=S(=O)(O)C(F)(F)F. The molecule has 1 aliphatic heterocycles. The van der Waals surface area contributed by atoms with Crippen molar-refractivity contribution in [2.75, 3.05) is 13.1 Å². The number of rotatable bonds is 4.